The van der Waals surface area contributed by atoms with Crippen molar-refractivity contribution in [2.45, 2.75) is 84.4 Å². The summed E-state index contributed by atoms with van der Waals surface area (Å²) in [6.07, 6.45) is 4.41. The number of allylic oxidation sites excluding steroid dienone is 1. The molecular weight excluding hydrogens is 560 g/mol. The Hall–Kier alpha value is -2.65. The molecule has 0 saturated heterocycles. The second kappa shape index (κ2) is 23.8. The highest BCUT2D eigenvalue weighted by Gasteiger charge is 2.23. The molecule has 43 heavy (non-hydrogen) atoms. The molecule has 0 radical (unpaired) electrons. The first kappa shape index (κ1) is 38.4. The molecule has 1 unspecified atom stereocenters. The van der Waals surface area contributed by atoms with Gasteiger partial charge >= 0.3 is 0 Å². The third-order valence-corrected chi connectivity index (χ3v) is 6.45. The molecule has 3 amide bonds. The number of hydrogen-bond acceptors (Lipinski definition) is 11. The van der Waals surface area contributed by atoms with E-state index in [2.05, 4.69) is 21.1 Å². The van der Waals surface area contributed by atoms with Gasteiger partial charge in [0.25, 0.3) is 0 Å². The predicted octanol–water partition coefficient (Wildman–Crippen LogP) is 1.78. The molecule has 0 fully saturated rings. The van der Waals surface area contributed by atoms with Crippen molar-refractivity contribution in [1.82, 2.24) is 16.0 Å². The fraction of sp³-hybridized carbons (Fsp3) is 0.828. The summed E-state index contributed by atoms with van der Waals surface area (Å²) in [4.78, 5) is 35.5. The minimum atomic E-state index is -0.687. The molecule has 0 aromatic heterocycles. The van der Waals surface area contributed by atoms with Crippen LogP contribution >= 0.6 is 0 Å². The Balaban J connectivity index is 2.02. The van der Waals surface area contributed by atoms with Gasteiger partial charge in [0.05, 0.1) is 52.9 Å². The Morgan fingerprint density at radius 1 is 0.884 bits per heavy atom. The standard InChI is InChI=1S/C29H54N6O8/c1-21(2)27(29(30)38)34-25(36)10-12-39-14-16-41-18-19-42-17-15-40-13-11-32-26(37)20-43-24-9-7-5-6-8-23(28(24)35-31)33-22(3)4/h21-22,24,27,31,33H,5-20H2,1-4H3,(H2,30,38)(H,32,37)(H,34,36)/b28-23-,35-31?/t24?,27-/m0/s1. The molecule has 14 heteroatoms. The van der Waals surface area contributed by atoms with Crippen LogP contribution in [0.5, 0.6) is 0 Å². The SMILES string of the molecule is CC(C)N/C1=C(\N=N)C(OCC(=O)NCCOCCOCCOCCOCCC(=O)N[C@H](C(N)=O)C(C)C)CCCCC1. The van der Waals surface area contributed by atoms with Crippen LogP contribution in [0, 0.1) is 11.4 Å². The molecule has 0 saturated carbocycles. The number of carbonyl (C=O) groups is 3. The van der Waals surface area contributed by atoms with Gasteiger partial charge < -0.3 is 45.4 Å². The number of nitrogens with one attached hydrogen (secondary N) is 4. The van der Waals surface area contributed by atoms with E-state index in [9.17, 15) is 14.4 Å². The van der Waals surface area contributed by atoms with Crippen LogP contribution in [0.25, 0.3) is 0 Å². The van der Waals surface area contributed by atoms with Gasteiger partial charge in [0, 0.05) is 24.7 Å². The van der Waals surface area contributed by atoms with E-state index in [4.69, 9.17) is 34.9 Å². The first-order valence-electron chi connectivity index (χ1n) is 15.3. The lowest BCUT2D eigenvalue weighted by molar-refractivity contribution is -0.129. The van der Waals surface area contributed by atoms with Gasteiger partial charge in [0.15, 0.2) is 0 Å². The molecule has 0 aromatic carbocycles. The Morgan fingerprint density at radius 2 is 1.49 bits per heavy atom. The second-order valence-corrected chi connectivity index (χ2v) is 10.9. The van der Waals surface area contributed by atoms with Crippen LogP contribution in [0.3, 0.4) is 0 Å². The van der Waals surface area contributed by atoms with E-state index in [0.29, 0.717) is 58.5 Å². The van der Waals surface area contributed by atoms with Crippen molar-refractivity contribution in [1.29, 1.82) is 5.53 Å². The van der Waals surface area contributed by atoms with Crippen molar-refractivity contribution in [3.63, 3.8) is 0 Å². The van der Waals surface area contributed by atoms with E-state index in [0.717, 1.165) is 37.8 Å². The summed E-state index contributed by atoms with van der Waals surface area (Å²) in [5, 5.41) is 12.5. The summed E-state index contributed by atoms with van der Waals surface area (Å²) < 4.78 is 27.6. The van der Waals surface area contributed by atoms with Gasteiger partial charge in [0.2, 0.25) is 17.7 Å². The van der Waals surface area contributed by atoms with Crippen LogP contribution in [0.1, 0.15) is 66.2 Å². The fourth-order valence-corrected chi connectivity index (χ4v) is 4.29. The van der Waals surface area contributed by atoms with Crippen LogP contribution in [0.15, 0.2) is 16.5 Å². The van der Waals surface area contributed by atoms with Crippen molar-refractivity contribution < 1.29 is 38.1 Å². The summed E-state index contributed by atoms with van der Waals surface area (Å²) >= 11 is 0. The Morgan fingerprint density at radius 3 is 2.05 bits per heavy atom. The predicted molar refractivity (Wildman–Crippen MR) is 160 cm³/mol. The van der Waals surface area contributed by atoms with E-state index < -0.39 is 11.9 Å². The smallest absolute Gasteiger partial charge is 0.246 e. The molecule has 0 aromatic rings. The molecule has 6 N–H and O–H groups in total. The summed E-state index contributed by atoms with van der Waals surface area (Å²) in [7, 11) is 0. The zero-order valence-electron chi connectivity index (χ0n) is 26.4. The number of amides is 3. The largest absolute Gasteiger partial charge is 0.385 e. The van der Waals surface area contributed by atoms with Crippen LogP contribution in [-0.2, 0) is 38.1 Å². The lowest BCUT2D eigenvalue weighted by Gasteiger charge is -2.25. The Bertz CT molecular complexity index is 855. The summed E-state index contributed by atoms with van der Waals surface area (Å²) in [6, 6.07) is -0.456. The van der Waals surface area contributed by atoms with Gasteiger partial charge in [0.1, 0.15) is 24.4 Å². The third kappa shape index (κ3) is 18.6. The monoisotopic (exact) mass is 614 g/mol. The molecule has 0 spiro atoms. The van der Waals surface area contributed by atoms with E-state index in [1.807, 2.05) is 27.7 Å². The summed E-state index contributed by atoms with van der Waals surface area (Å²) in [5.41, 5.74) is 14.5. The number of carbonyl (C=O) groups excluding carboxylic acids is 3. The van der Waals surface area contributed by atoms with E-state index in [-0.39, 0.29) is 49.5 Å². The third-order valence-electron chi connectivity index (χ3n) is 6.45. The normalized spacial score (nSPS) is 18.1. The zero-order chi connectivity index (χ0) is 31.9. The van der Waals surface area contributed by atoms with Crippen molar-refractivity contribution in [2.24, 2.45) is 16.8 Å². The molecular formula is C29H54N6O8. The highest BCUT2D eigenvalue weighted by Crippen LogP contribution is 2.25. The van der Waals surface area contributed by atoms with Gasteiger partial charge in [-0.25, -0.2) is 5.53 Å². The minimum absolute atomic E-state index is 0.0790. The maximum atomic E-state index is 12.2. The first-order valence-corrected chi connectivity index (χ1v) is 15.3. The first-order chi connectivity index (χ1) is 20.6. The molecule has 0 aliphatic heterocycles. The topological polar surface area (TPSA) is 196 Å². The van der Waals surface area contributed by atoms with Gasteiger partial charge in [-0.05, 0) is 39.0 Å². The van der Waals surface area contributed by atoms with E-state index in [1.165, 1.54) is 0 Å². The van der Waals surface area contributed by atoms with E-state index >= 15 is 0 Å². The second-order valence-electron chi connectivity index (χ2n) is 10.9. The Labute approximate surface area is 256 Å². The van der Waals surface area contributed by atoms with Crippen molar-refractivity contribution in [2.75, 3.05) is 66.0 Å². The number of ether oxygens (including phenoxy) is 5. The minimum Gasteiger partial charge on any atom is -0.385 e. The van der Waals surface area contributed by atoms with E-state index in [1.54, 1.807) is 0 Å². The van der Waals surface area contributed by atoms with Gasteiger partial charge in [-0.3, -0.25) is 14.4 Å². The van der Waals surface area contributed by atoms with Crippen LogP contribution < -0.4 is 21.7 Å². The number of hydrogen-bond donors (Lipinski definition) is 5. The maximum Gasteiger partial charge on any atom is 0.246 e. The molecule has 1 aliphatic carbocycles. The highest BCUT2D eigenvalue weighted by molar-refractivity contribution is 5.86. The number of primary amides is 1. The maximum absolute atomic E-state index is 12.2. The van der Waals surface area contributed by atoms with Crippen LogP contribution in [0.2, 0.25) is 0 Å². The average Bonchev–Trinajstić information content (AvgIpc) is 2.94. The highest BCUT2D eigenvalue weighted by atomic mass is 16.6. The quantitative estimate of drug-likeness (QED) is 0.0795. The lowest BCUT2D eigenvalue weighted by atomic mass is 9.99. The molecule has 0 heterocycles. The molecule has 1 rings (SSSR count). The zero-order valence-corrected chi connectivity index (χ0v) is 26.4. The van der Waals surface area contributed by atoms with Gasteiger partial charge in [-0.1, -0.05) is 26.7 Å². The van der Waals surface area contributed by atoms with Gasteiger partial charge in [-0.2, -0.15) is 5.11 Å². The lowest BCUT2D eigenvalue weighted by Crippen LogP contribution is -2.47. The molecule has 248 valence electrons. The fourth-order valence-electron chi connectivity index (χ4n) is 4.29. The average molecular weight is 615 g/mol. The van der Waals surface area contributed by atoms with Crippen molar-refractivity contribution in [3.05, 3.63) is 11.4 Å². The summed E-state index contributed by atoms with van der Waals surface area (Å²) in [5.74, 6) is -1.16. The molecule has 2 atom stereocenters. The van der Waals surface area contributed by atoms with Crippen LogP contribution in [-0.4, -0.2) is 102 Å². The van der Waals surface area contributed by atoms with Crippen molar-refractivity contribution >= 4 is 17.7 Å². The molecule has 14 nitrogen and oxygen atoms in total. The number of nitrogens with zero attached hydrogens (tertiary/aromatic N) is 1. The van der Waals surface area contributed by atoms with Crippen LogP contribution in [0.4, 0.5) is 0 Å². The number of nitrogens with two attached hydrogens (primary N) is 1. The molecule has 0 bridgehead atoms. The van der Waals surface area contributed by atoms with Gasteiger partial charge in [-0.15, -0.1) is 0 Å². The summed E-state index contributed by atoms with van der Waals surface area (Å²) in [6.45, 7) is 10.8. The molecule has 1 aliphatic rings. The van der Waals surface area contributed by atoms with Crippen molar-refractivity contribution in [3.8, 4) is 0 Å². The number of rotatable bonds is 24. The Kier molecular flexibility index (Phi) is 21.2.